The van der Waals surface area contributed by atoms with Crippen LogP contribution in [0.4, 0.5) is 0 Å². The largest absolute Gasteiger partial charge is 0.243 e. The van der Waals surface area contributed by atoms with Crippen LogP contribution in [0.5, 0.6) is 0 Å². The molecule has 6 heteroatoms. The first kappa shape index (κ1) is 10.7. The molecule has 0 fully saturated rings. The van der Waals surface area contributed by atoms with Crippen LogP contribution in [0, 0.1) is 0 Å². The van der Waals surface area contributed by atoms with Gasteiger partial charge in [-0.25, -0.2) is 4.98 Å². The zero-order valence-electron chi connectivity index (χ0n) is 5.60. The van der Waals surface area contributed by atoms with Gasteiger partial charge in [0.1, 0.15) is 5.15 Å². The van der Waals surface area contributed by atoms with Crippen molar-refractivity contribution >= 4 is 58.2 Å². The van der Waals surface area contributed by atoms with Crippen LogP contribution in [0.2, 0.25) is 5.15 Å². The molecule has 0 aromatic carbocycles. The van der Waals surface area contributed by atoms with Crippen LogP contribution in [0.1, 0.15) is 0 Å². The lowest BCUT2D eigenvalue weighted by Crippen LogP contribution is -1.93. The zero-order valence-corrected chi connectivity index (χ0v) is 9.44. The molecule has 0 bridgehead atoms. The predicted molar refractivity (Wildman–Crippen MR) is 55.4 cm³/mol. The number of thioether (sulfide) groups is 1. The van der Waals surface area contributed by atoms with E-state index in [0.29, 0.717) is 10.0 Å². The smallest absolute Gasteiger partial charge is 0.242 e. The molecular weight excluding hydrogens is 260 g/mol. The van der Waals surface area contributed by atoms with Crippen molar-refractivity contribution in [2.75, 3.05) is 0 Å². The lowest BCUT2D eigenvalue weighted by Gasteiger charge is -2.09. The van der Waals surface area contributed by atoms with Gasteiger partial charge in [-0.3, -0.25) is 0 Å². The minimum Gasteiger partial charge on any atom is -0.243 e. The fourth-order valence-electron chi connectivity index (χ4n) is 0.572. The van der Waals surface area contributed by atoms with Crippen LogP contribution in [0.25, 0.3) is 0 Å². The van der Waals surface area contributed by atoms with Gasteiger partial charge in [-0.05, 0) is 12.1 Å². The molecule has 1 heterocycles. The molecule has 0 spiro atoms. The molecule has 0 saturated carbocycles. The molecule has 66 valence electrons. The molecule has 12 heavy (non-hydrogen) atoms. The second-order valence-corrected chi connectivity index (χ2v) is 6.41. The Kier molecular flexibility index (Phi) is 3.80. The number of hydrogen-bond acceptors (Lipinski definition) is 2. The highest BCUT2D eigenvalue weighted by Gasteiger charge is 2.22. The maximum absolute atomic E-state index is 5.72. The van der Waals surface area contributed by atoms with E-state index >= 15 is 0 Å². The fraction of sp³-hybridized carbons (Fsp3) is 0.167. The summed E-state index contributed by atoms with van der Waals surface area (Å²) < 4.78 is -1.40. The van der Waals surface area contributed by atoms with Crippen molar-refractivity contribution in [3.05, 3.63) is 23.5 Å². The van der Waals surface area contributed by atoms with Crippen LogP contribution in [-0.2, 0) is 0 Å². The molecular formula is C6H3Cl4NS. The molecule has 0 amide bonds. The van der Waals surface area contributed by atoms with Crippen LogP contribution >= 0.6 is 58.2 Å². The normalized spacial score (nSPS) is 11.7. The topological polar surface area (TPSA) is 12.9 Å². The van der Waals surface area contributed by atoms with Gasteiger partial charge >= 0.3 is 0 Å². The Hall–Kier alpha value is 0.660. The lowest BCUT2D eigenvalue weighted by atomic mass is 10.5. The Morgan fingerprint density at radius 3 is 2.50 bits per heavy atom. The SMILES string of the molecule is Clc1ncccc1SC(Cl)(Cl)Cl. The first-order valence-corrected chi connectivity index (χ1v) is 5.18. The number of nitrogens with zero attached hydrogens (tertiary/aromatic N) is 1. The maximum Gasteiger partial charge on any atom is 0.242 e. The Morgan fingerprint density at radius 1 is 1.33 bits per heavy atom. The van der Waals surface area contributed by atoms with Crippen molar-refractivity contribution in [2.45, 2.75) is 8.02 Å². The van der Waals surface area contributed by atoms with Gasteiger partial charge in [0.05, 0.1) is 0 Å². The summed E-state index contributed by atoms with van der Waals surface area (Å²) in [7, 11) is 0. The van der Waals surface area contributed by atoms with Gasteiger partial charge in [-0.15, -0.1) is 0 Å². The van der Waals surface area contributed by atoms with E-state index in [2.05, 4.69) is 4.98 Å². The molecule has 1 nitrogen and oxygen atoms in total. The molecule has 0 aliphatic carbocycles. The number of rotatable bonds is 1. The summed E-state index contributed by atoms with van der Waals surface area (Å²) in [6, 6.07) is 3.46. The standard InChI is InChI=1S/C6H3Cl4NS/c7-5-4(2-1-3-11-5)12-6(8,9)10/h1-3H. The number of alkyl halides is 3. The summed E-state index contributed by atoms with van der Waals surface area (Å²) in [4.78, 5) is 4.48. The van der Waals surface area contributed by atoms with Gasteiger partial charge in [-0.1, -0.05) is 58.2 Å². The molecule has 1 aromatic heterocycles. The number of hydrogen-bond donors (Lipinski definition) is 0. The molecule has 0 aliphatic heterocycles. The van der Waals surface area contributed by atoms with E-state index in [1.165, 1.54) is 0 Å². The molecule has 0 unspecified atom stereocenters. The molecule has 0 atom stereocenters. The van der Waals surface area contributed by atoms with E-state index in [1.54, 1.807) is 18.3 Å². The Bertz CT molecular complexity index is 272. The Balaban J connectivity index is 2.83. The van der Waals surface area contributed by atoms with Gasteiger partial charge in [0.2, 0.25) is 3.12 Å². The monoisotopic (exact) mass is 261 g/mol. The molecule has 1 rings (SSSR count). The second-order valence-electron chi connectivity index (χ2n) is 1.84. The minimum atomic E-state index is -1.40. The first-order valence-electron chi connectivity index (χ1n) is 2.85. The average molecular weight is 263 g/mol. The van der Waals surface area contributed by atoms with Crippen molar-refractivity contribution in [3.63, 3.8) is 0 Å². The van der Waals surface area contributed by atoms with Gasteiger partial charge in [0.15, 0.2) is 0 Å². The van der Waals surface area contributed by atoms with Crippen molar-refractivity contribution < 1.29 is 0 Å². The highest BCUT2D eigenvalue weighted by atomic mass is 35.6. The van der Waals surface area contributed by atoms with E-state index < -0.39 is 3.12 Å². The van der Waals surface area contributed by atoms with E-state index in [9.17, 15) is 0 Å². The van der Waals surface area contributed by atoms with Crippen LogP contribution < -0.4 is 0 Å². The van der Waals surface area contributed by atoms with Gasteiger partial charge in [0.25, 0.3) is 0 Å². The highest BCUT2D eigenvalue weighted by molar-refractivity contribution is 8.04. The third-order valence-corrected chi connectivity index (χ3v) is 2.84. The molecule has 0 aliphatic rings. The van der Waals surface area contributed by atoms with Gasteiger partial charge in [0, 0.05) is 11.1 Å². The number of halogens is 4. The fourth-order valence-corrected chi connectivity index (χ4v) is 2.09. The molecule has 0 radical (unpaired) electrons. The summed E-state index contributed by atoms with van der Waals surface area (Å²) in [6.45, 7) is 0. The zero-order chi connectivity index (χ0) is 9.19. The summed E-state index contributed by atoms with van der Waals surface area (Å²) >= 11 is 23.4. The Morgan fingerprint density at radius 2 is 2.00 bits per heavy atom. The van der Waals surface area contributed by atoms with Crippen molar-refractivity contribution in [1.82, 2.24) is 4.98 Å². The van der Waals surface area contributed by atoms with Crippen LogP contribution in [-0.4, -0.2) is 8.11 Å². The Labute approximate surface area is 94.4 Å². The predicted octanol–water partition coefficient (Wildman–Crippen LogP) is 4.15. The third-order valence-electron chi connectivity index (χ3n) is 0.951. The summed E-state index contributed by atoms with van der Waals surface area (Å²) in [6.07, 6.45) is 1.57. The number of aromatic nitrogens is 1. The van der Waals surface area contributed by atoms with Gasteiger partial charge in [-0.2, -0.15) is 0 Å². The van der Waals surface area contributed by atoms with Crippen molar-refractivity contribution in [2.24, 2.45) is 0 Å². The summed E-state index contributed by atoms with van der Waals surface area (Å²) in [5, 5.41) is 0.342. The van der Waals surface area contributed by atoms with Crippen LogP contribution in [0.3, 0.4) is 0 Å². The van der Waals surface area contributed by atoms with E-state index in [4.69, 9.17) is 46.4 Å². The maximum atomic E-state index is 5.72. The lowest BCUT2D eigenvalue weighted by molar-refractivity contribution is 1.24. The van der Waals surface area contributed by atoms with Crippen LogP contribution in [0.15, 0.2) is 23.2 Å². The van der Waals surface area contributed by atoms with E-state index in [0.717, 1.165) is 11.8 Å². The number of pyridine rings is 1. The third kappa shape index (κ3) is 3.58. The van der Waals surface area contributed by atoms with Crippen molar-refractivity contribution in [3.8, 4) is 0 Å². The second kappa shape index (κ2) is 4.25. The first-order chi connectivity index (χ1) is 5.49. The molecule has 0 N–H and O–H groups in total. The van der Waals surface area contributed by atoms with Crippen molar-refractivity contribution in [1.29, 1.82) is 0 Å². The van der Waals surface area contributed by atoms with E-state index in [1.807, 2.05) is 0 Å². The average Bonchev–Trinajstić information content (AvgIpc) is 1.91. The summed E-state index contributed by atoms with van der Waals surface area (Å²) in [5.74, 6) is 0. The minimum absolute atomic E-state index is 0.342. The summed E-state index contributed by atoms with van der Waals surface area (Å²) in [5.41, 5.74) is 0. The highest BCUT2D eigenvalue weighted by Crippen LogP contribution is 2.45. The van der Waals surface area contributed by atoms with E-state index in [-0.39, 0.29) is 0 Å². The molecule has 0 saturated heterocycles. The van der Waals surface area contributed by atoms with Gasteiger partial charge < -0.3 is 0 Å². The quantitative estimate of drug-likeness (QED) is 0.428. The molecule has 1 aromatic rings.